The van der Waals surface area contributed by atoms with Gasteiger partial charge in [0.05, 0.1) is 0 Å². The second-order valence-electron chi connectivity index (χ2n) is 4.75. The number of benzene rings is 1. The summed E-state index contributed by atoms with van der Waals surface area (Å²) in [4.78, 5) is 2.23. The fourth-order valence-corrected chi connectivity index (χ4v) is 2.00. The lowest BCUT2D eigenvalue weighted by Gasteiger charge is -2.34. The van der Waals surface area contributed by atoms with E-state index in [9.17, 15) is 0 Å². The lowest BCUT2D eigenvalue weighted by Crippen LogP contribution is -2.57. The number of nitrogens with one attached hydrogen (secondary N) is 2. The zero-order valence-electron chi connectivity index (χ0n) is 10.1. The van der Waals surface area contributed by atoms with E-state index in [1.807, 2.05) is 0 Å². The molecule has 2 rings (SSSR count). The number of likely N-dealkylation sites (N-methyl/N-ethyl adjacent to an activating group) is 1. The zero-order chi connectivity index (χ0) is 11.4. The van der Waals surface area contributed by atoms with E-state index in [1.165, 1.54) is 5.56 Å². The van der Waals surface area contributed by atoms with Crippen LogP contribution in [0.2, 0.25) is 0 Å². The summed E-state index contributed by atoms with van der Waals surface area (Å²) in [5.41, 5.74) is 1.38. The topological polar surface area (TPSA) is 27.3 Å². The molecular weight excluding hydrogens is 198 g/mol. The first-order chi connectivity index (χ1) is 7.75. The lowest BCUT2D eigenvalue weighted by atomic mass is 10.0. The van der Waals surface area contributed by atoms with Gasteiger partial charge in [0.1, 0.15) is 0 Å². The molecule has 0 bridgehead atoms. The van der Waals surface area contributed by atoms with Crippen LogP contribution in [0.4, 0.5) is 0 Å². The second kappa shape index (κ2) is 5.43. The van der Waals surface area contributed by atoms with E-state index in [0.29, 0.717) is 12.1 Å². The Kier molecular flexibility index (Phi) is 3.93. The van der Waals surface area contributed by atoms with Crippen LogP contribution in [0.15, 0.2) is 30.3 Å². The molecule has 16 heavy (non-hydrogen) atoms. The maximum Gasteiger partial charge on any atom is 0.0452 e. The van der Waals surface area contributed by atoms with Crippen molar-refractivity contribution >= 4 is 0 Å². The van der Waals surface area contributed by atoms with Crippen LogP contribution < -0.4 is 10.6 Å². The van der Waals surface area contributed by atoms with Gasteiger partial charge in [-0.05, 0) is 19.7 Å². The standard InChI is InChI=1S/C13H21N3/c1-16(2)10-13(15-12-8-14-9-12)11-6-4-3-5-7-11/h3-7,12-15H,8-10H2,1-2H3. The summed E-state index contributed by atoms with van der Waals surface area (Å²) in [7, 11) is 4.24. The molecule has 1 heterocycles. The van der Waals surface area contributed by atoms with Gasteiger partial charge in [0.15, 0.2) is 0 Å². The number of rotatable bonds is 5. The largest absolute Gasteiger partial charge is 0.314 e. The SMILES string of the molecule is CN(C)CC(NC1CNC1)c1ccccc1. The summed E-state index contributed by atoms with van der Waals surface area (Å²) >= 11 is 0. The molecule has 1 unspecified atom stereocenters. The molecule has 0 aromatic heterocycles. The Hall–Kier alpha value is -0.900. The van der Waals surface area contributed by atoms with Gasteiger partial charge >= 0.3 is 0 Å². The predicted octanol–water partition coefficient (Wildman–Crippen LogP) is 0.851. The van der Waals surface area contributed by atoms with Crippen molar-refractivity contribution in [3.63, 3.8) is 0 Å². The van der Waals surface area contributed by atoms with Crippen LogP contribution >= 0.6 is 0 Å². The quantitative estimate of drug-likeness (QED) is 0.769. The van der Waals surface area contributed by atoms with E-state index in [-0.39, 0.29) is 0 Å². The third-order valence-corrected chi connectivity index (χ3v) is 2.97. The molecule has 0 aliphatic carbocycles. The number of hydrogen-bond acceptors (Lipinski definition) is 3. The highest BCUT2D eigenvalue weighted by molar-refractivity contribution is 5.19. The summed E-state index contributed by atoms with van der Waals surface area (Å²) in [5, 5.41) is 6.99. The minimum absolute atomic E-state index is 0.434. The third kappa shape index (κ3) is 3.04. The Morgan fingerprint density at radius 3 is 2.50 bits per heavy atom. The summed E-state index contributed by atoms with van der Waals surface area (Å²) < 4.78 is 0. The van der Waals surface area contributed by atoms with E-state index in [2.05, 4.69) is 60.0 Å². The van der Waals surface area contributed by atoms with Crippen molar-refractivity contribution in [3.05, 3.63) is 35.9 Å². The van der Waals surface area contributed by atoms with Crippen LogP contribution in [0, 0.1) is 0 Å². The van der Waals surface area contributed by atoms with Gasteiger partial charge in [-0.2, -0.15) is 0 Å². The van der Waals surface area contributed by atoms with Crippen LogP contribution in [0.3, 0.4) is 0 Å². The molecular formula is C13H21N3. The van der Waals surface area contributed by atoms with Gasteiger partial charge in [0, 0.05) is 31.7 Å². The molecule has 3 nitrogen and oxygen atoms in total. The Labute approximate surface area is 97.8 Å². The van der Waals surface area contributed by atoms with Crippen LogP contribution in [-0.4, -0.2) is 44.7 Å². The average molecular weight is 219 g/mol. The molecule has 1 fully saturated rings. The molecule has 1 aromatic rings. The van der Waals surface area contributed by atoms with E-state index in [4.69, 9.17) is 0 Å². The molecule has 1 atom stereocenters. The number of hydrogen-bond donors (Lipinski definition) is 2. The van der Waals surface area contributed by atoms with Gasteiger partial charge in [0.25, 0.3) is 0 Å². The molecule has 1 aromatic carbocycles. The van der Waals surface area contributed by atoms with Crippen molar-refractivity contribution in [1.82, 2.24) is 15.5 Å². The molecule has 1 aliphatic heterocycles. The first kappa shape index (κ1) is 11.6. The molecule has 3 heteroatoms. The molecule has 1 saturated heterocycles. The fourth-order valence-electron chi connectivity index (χ4n) is 2.00. The molecule has 1 aliphatic rings. The van der Waals surface area contributed by atoms with Gasteiger partial charge in [0.2, 0.25) is 0 Å². The fraction of sp³-hybridized carbons (Fsp3) is 0.538. The maximum absolute atomic E-state index is 3.70. The number of nitrogens with zero attached hydrogens (tertiary/aromatic N) is 1. The van der Waals surface area contributed by atoms with Crippen molar-refractivity contribution in [1.29, 1.82) is 0 Å². The summed E-state index contributed by atoms with van der Waals surface area (Å²) in [6.45, 7) is 3.23. The minimum Gasteiger partial charge on any atom is -0.314 e. The van der Waals surface area contributed by atoms with Crippen molar-refractivity contribution in [3.8, 4) is 0 Å². The van der Waals surface area contributed by atoms with E-state index in [1.54, 1.807) is 0 Å². The molecule has 2 N–H and O–H groups in total. The summed E-state index contributed by atoms with van der Waals surface area (Å²) in [6.07, 6.45) is 0. The Balaban J connectivity index is 2.01. The maximum atomic E-state index is 3.70. The molecule has 88 valence electrons. The third-order valence-electron chi connectivity index (χ3n) is 2.97. The first-order valence-electron chi connectivity index (χ1n) is 5.92. The molecule has 0 radical (unpaired) electrons. The average Bonchev–Trinajstić information content (AvgIpc) is 2.22. The Morgan fingerprint density at radius 2 is 2.00 bits per heavy atom. The van der Waals surface area contributed by atoms with Crippen LogP contribution in [0.25, 0.3) is 0 Å². The first-order valence-corrected chi connectivity index (χ1v) is 5.92. The Morgan fingerprint density at radius 1 is 1.31 bits per heavy atom. The van der Waals surface area contributed by atoms with Gasteiger partial charge in [-0.3, -0.25) is 0 Å². The summed E-state index contributed by atoms with van der Waals surface area (Å²) in [5.74, 6) is 0. The highest BCUT2D eigenvalue weighted by Crippen LogP contribution is 2.14. The highest BCUT2D eigenvalue weighted by Gasteiger charge is 2.21. The van der Waals surface area contributed by atoms with Crippen molar-refractivity contribution in [2.45, 2.75) is 12.1 Å². The second-order valence-corrected chi connectivity index (χ2v) is 4.75. The molecule has 0 spiro atoms. The van der Waals surface area contributed by atoms with Crippen molar-refractivity contribution < 1.29 is 0 Å². The van der Waals surface area contributed by atoms with Crippen molar-refractivity contribution in [2.24, 2.45) is 0 Å². The van der Waals surface area contributed by atoms with E-state index < -0.39 is 0 Å². The van der Waals surface area contributed by atoms with Crippen LogP contribution in [0.1, 0.15) is 11.6 Å². The van der Waals surface area contributed by atoms with Gasteiger partial charge in [-0.1, -0.05) is 30.3 Å². The predicted molar refractivity (Wildman–Crippen MR) is 67.5 cm³/mol. The Bertz CT molecular complexity index is 306. The van der Waals surface area contributed by atoms with Gasteiger partial charge < -0.3 is 15.5 Å². The molecule has 0 amide bonds. The summed E-state index contributed by atoms with van der Waals surface area (Å²) in [6, 6.07) is 11.8. The van der Waals surface area contributed by atoms with E-state index in [0.717, 1.165) is 19.6 Å². The lowest BCUT2D eigenvalue weighted by molar-refractivity contribution is 0.280. The van der Waals surface area contributed by atoms with Gasteiger partial charge in [-0.15, -0.1) is 0 Å². The van der Waals surface area contributed by atoms with Gasteiger partial charge in [-0.25, -0.2) is 0 Å². The minimum atomic E-state index is 0.434. The van der Waals surface area contributed by atoms with Crippen molar-refractivity contribution in [2.75, 3.05) is 33.7 Å². The normalized spacial score (nSPS) is 18.4. The smallest absolute Gasteiger partial charge is 0.0452 e. The van der Waals surface area contributed by atoms with E-state index >= 15 is 0 Å². The zero-order valence-corrected chi connectivity index (χ0v) is 10.1. The van der Waals surface area contributed by atoms with Crippen LogP contribution in [0.5, 0.6) is 0 Å². The van der Waals surface area contributed by atoms with Crippen LogP contribution in [-0.2, 0) is 0 Å². The highest BCUT2D eigenvalue weighted by atomic mass is 15.1. The monoisotopic (exact) mass is 219 g/mol. The molecule has 0 saturated carbocycles.